The number of hydrogen-bond acceptors (Lipinski definition) is 2. The highest BCUT2D eigenvalue weighted by Gasteiger charge is 2.03. The Kier molecular flexibility index (Phi) is 3.70. The number of ketones is 1. The molecule has 0 aliphatic rings. The molecule has 0 amide bonds. The lowest BCUT2D eigenvalue weighted by Gasteiger charge is -1.94. The van der Waals surface area contributed by atoms with Crippen LogP contribution < -0.4 is 0 Å². The molecule has 0 saturated carbocycles. The van der Waals surface area contributed by atoms with E-state index in [1.54, 1.807) is 0 Å². The van der Waals surface area contributed by atoms with E-state index in [2.05, 4.69) is 11.8 Å². The molecule has 0 radical (unpaired) electrons. The summed E-state index contributed by atoms with van der Waals surface area (Å²) in [6, 6.07) is 9.32. The van der Waals surface area contributed by atoms with Gasteiger partial charge in [-0.1, -0.05) is 30.0 Å². The molecule has 15 heavy (non-hydrogen) atoms. The highest BCUT2D eigenvalue weighted by atomic mass is 16.3. The number of carbonyl (C=O) groups is 1. The third-order valence-electron chi connectivity index (χ3n) is 1.82. The van der Waals surface area contributed by atoms with Gasteiger partial charge in [0.2, 0.25) is 0 Å². The zero-order valence-corrected chi connectivity index (χ0v) is 8.74. The van der Waals surface area contributed by atoms with Crippen molar-refractivity contribution < 1.29 is 9.90 Å². The second-order valence-electron chi connectivity index (χ2n) is 3.13. The molecular formula is C13H12O2. The van der Waals surface area contributed by atoms with E-state index in [0.717, 1.165) is 5.56 Å². The third-order valence-corrected chi connectivity index (χ3v) is 1.82. The fourth-order valence-corrected chi connectivity index (χ4v) is 1.09. The van der Waals surface area contributed by atoms with Crippen molar-refractivity contribution in [1.82, 2.24) is 0 Å². The fourth-order valence-electron chi connectivity index (χ4n) is 1.09. The summed E-state index contributed by atoms with van der Waals surface area (Å²) in [4.78, 5) is 11.1. The van der Waals surface area contributed by atoms with Gasteiger partial charge in [0.15, 0.2) is 5.78 Å². The first-order chi connectivity index (χ1) is 7.11. The second kappa shape index (κ2) is 5.02. The van der Waals surface area contributed by atoms with Crippen molar-refractivity contribution in [1.29, 1.82) is 0 Å². The van der Waals surface area contributed by atoms with E-state index in [4.69, 9.17) is 0 Å². The number of aliphatic hydroxyl groups is 1. The summed E-state index contributed by atoms with van der Waals surface area (Å²) >= 11 is 0. The highest BCUT2D eigenvalue weighted by molar-refractivity contribution is 5.98. The van der Waals surface area contributed by atoms with Gasteiger partial charge in [0, 0.05) is 5.56 Å². The average molecular weight is 200 g/mol. The van der Waals surface area contributed by atoms with Gasteiger partial charge >= 0.3 is 0 Å². The van der Waals surface area contributed by atoms with E-state index < -0.39 is 0 Å². The maximum Gasteiger partial charge on any atom is 0.171 e. The van der Waals surface area contributed by atoms with E-state index in [9.17, 15) is 9.90 Å². The predicted molar refractivity (Wildman–Crippen MR) is 59.3 cm³/mol. The molecule has 1 aromatic carbocycles. The molecule has 0 atom stereocenters. The van der Waals surface area contributed by atoms with Crippen molar-refractivity contribution >= 4 is 5.78 Å². The van der Waals surface area contributed by atoms with Crippen LogP contribution in [-0.2, 0) is 4.79 Å². The van der Waals surface area contributed by atoms with Crippen LogP contribution in [0.1, 0.15) is 19.4 Å². The number of benzene rings is 1. The van der Waals surface area contributed by atoms with E-state index in [1.165, 1.54) is 13.8 Å². The van der Waals surface area contributed by atoms with E-state index in [-0.39, 0.29) is 17.1 Å². The van der Waals surface area contributed by atoms with Crippen LogP contribution in [-0.4, -0.2) is 10.9 Å². The SMILES string of the molecule is CC(=O)/C(C#Cc1ccccc1)=C(/C)O. The van der Waals surface area contributed by atoms with Crippen LogP contribution in [0.25, 0.3) is 0 Å². The molecule has 76 valence electrons. The lowest BCUT2D eigenvalue weighted by Crippen LogP contribution is -1.97. The summed E-state index contributed by atoms with van der Waals surface area (Å²) in [5.41, 5.74) is 0.983. The standard InChI is InChI=1S/C13H12O2/c1-10(14)13(11(2)15)9-8-12-6-4-3-5-7-12/h3-7,14H,1-2H3/b13-10-. The largest absolute Gasteiger partial charge is 0.511 e. The first-order valence-corrected chi connectivity index (χ1v) is 4.59. The van der Waals surface area contributed by atoms with Gasteiger partial charge in [-0.05, 0) is 26.0 Å². The minimum atomic E-state index is -0.224. The van der Waals surface area contributed by atoms with Crippen LogP contribution in [0.4, 0.5) is 0 Å². The second-order valence-corrected chi connectivity index (χ2v) is 3.13. The Morgan fingerprint density at radius 2 is 1.80 bits per heavy atom. The molecule has 0 heterocycles. The molecule has 0 bridgehead atoms. The maximum absolute atomic E-state index is 11.1. The summed E-state index contributed by atoms with van der Waals surface area (Å²) in [7, 11) is 0. The summed E-state index contributed by atoms with van der Waals surface area (Å²) in [6.45, 7) is 2.84. The Morgan fingerprint density at radius 3 is 2.27 bits per heavy atom. The lowest BCUT2D eigenvalue weighted by molar-refractivity contribution is -0.113. The average Bonchev–Trinajstić information content (AvgIpc) is 2.18. The molecule has 0 spiro atoms. The van der Waals surface area contributed by atoms with Crippen LogP contribution in [0.3, 0.4) is 0 Å². The Morgan fingerprint density at radius 1 is 1.20 bits per heavy atom. The quantitative estimate of drug-likeness (QED) is 0.429. The van der Waals surface area contributed by atoms with Gasteiger partial charge < -0.3 is 5.11 Å². The first kappa shape index (κ1) is 11.1. The normalized spacial score (nSPS) is 11.1. The van der Waals surface area contributed by atoms with Gasteiger partial charge in [0.05, 0.1) is 0 Å². The smallest absolute Gasteiger partial charge is 0.171 e. The van der Waals surface area contributed by atoms with Crippen LogP contribution in [0.5, 0.6) is 0 Å². The summed E-state index contributed by atoms with van der Waals surface area (Å²) in [6.07, 6.45) is 0. The molecule has 0 fully saturated rings. The van der Waals surface area contributed by atoms with Crippen LogP contribution in [0.2, 0.25) is 0 Å². The van der Waals surface area contributed by atoms with Crippen molar-refractivity contribution in [2.24, 2.45) is 0 Å². The van der Waals surface area contributed by atoms with Gasteiger partial charge in [-0.25, -0.2) is 0 Å². The molecule has 0 aliphatic carbocycles. The summed E-state index contributed by atoms with van der Waals surface area (Å²) < 4.78 is 0. The highest BCUT2D eigenvalue weighted by Crippen LogP contribution is 2.02. The predicted octanol–water partition coefficient (Wildman–Crippen LogP) is 2.46. The lowest BCUT2D eigenvalue weighted by atomic mass is 10.1. The minimum absolute atomic E-state index is 0.0362. The van der Waals surface area contributed by atoms with Crippen molar-refractivity contribution in [3.63, 3.8) is 0 Å². The van der Waals surface area contributed by atoms with Crippen molar-refractivity contribution in [3.8, 4) is 11.8 Å². The summed E-state index contributed by atoms with van der Waals surface area (Å²) in [5.74, 6) is 5.22. The van der Waals surface area contributed by atoms with Gasteiger partial charge in [-0.3, -0.25) is 4.79 Å². The van der Waals surface area contributed by atoms with Crippen molar-refractivity contribution in [2.75, 3.05) is 0 Å². The molecule has 0 aliphatic heterocycles. The molecule has 1 aromatic rings. The van der Waals surface area contributed by atoms with Gasteiger partial charge in [0.25, 0.3) is 0 Å². The number of carbonyl (C=O) groups excluding carboxylic acids is 1. The Labute approximate surface area is 89.3 Å². The molecule has 0 saturated heterocycles. The molecule has 1 N–H and O–H groups in total. The molecule has 0 aromatic heterocycles. The van der Waals surface area contributed by atoms with Gasteiger partial charge in [0.1, 0.15) is 11.3 Å². The molecule has 2 nitrogen and oxygen atoms in total. The zero-order chi connectivity index (χ0) is 11.3. The number of hydrogen-bond donors (Lipinski definition) is 1. The molecule has 1 rings (SSSR count). The van der Waals surface area contributed by atoms with E-state index in [0.29, 0.717) is 0 Å². The number of rotatable bonds is 1. The fraction of sp³-hybridized carbons (Fsp3) is 0.154. The van der Waals surface area contributed by atoms with Crippen molar-refractivity contribution in [3.05, 3.63) is 47.2 Å². The van der Waals surface area contributed by atoms with Gasteiger partial charge in [-0.2, -0.15) is 0 Å². The number of aliphatic hydroxyl groups excluding tert-OH is 1. The third kappa shape index (κ3) is 3.32. The Hall–Kier alpha value is -2.01. The topological polar surface area (TPSA) is 37.3 Å². The van der Waals surface area contributed by atoms with E-state index in [1.807, 2.05) is 30.3 Å². The van der Waals surface area contributed by atoms with Crippen LogP contribution in [0, 0.1) is 11.8 Å². The minimum Gasteiger partial charge on any atom is -0.511 e. The van der Waals surface area contributed by atoms with Crippen molar-refractivity contribution in [2.45, 2.75) is 13.8 Å². The molecule has 0 unspecified atom stereocenters. The van der Waals surface area contributed by atoms with Crippen LogP contribution >= 0.6 is 0 Å². The van der Waals surface area contributed by atoms with Gasteiger partial charge in [-0.15, -0.1) is 0 Å². The Balaban J connectivity index is 3.00. The number of allylic oxidation sites excluding steroid dienone is 2. The maximum atomic E-state index is 11.1. The first-order valence-electron chi connectivity index (χ1n) is 4.59. The molecular weight excluding hydrogens is 188 g/mol. The number of Topliss-reactive ketones (excluding diaryl/α,β-unsaturated/α-hetero) is 1. The van der Waals surface area contributed by atoms with Crippen LogP contribution in [0.15, 0.2) is 41.7 Å². The zero-order valence-electron chi connectivity index (χ0n) is 8.74. The molecule has 2 heteroatoms. The monoisotopic (exact) mass is 200 g/mol. The Bertz CT molecular complexity index is 440. The van der Waals surface area contributed by atoms with E-state index >= 15 is 0 Å². The summed E-state index contributed by atoms with van der Waals surface area (Å²) in [5, 5.41) is 9.22.